The number of esters is 1. The Morgan fingerprint density at radius 2 is 1.85 bits per heavy atom. The van der Waals surface area contributed by atoms with Crippen LogP contribution in [0.4, 0.5) is 0 Å². The summed E-state index contributed by atoms with van der Waals surface area (Å²) in [6.07, 6.45) is 1.41. The van der Waals surface area contributed by atoms with E-state index >= 15 is 0 Å². The first kappa shape index (κ1) is 19.7. The lowest BCUT2D eigenvalue weighted by atomic mass is 10.1. The summed E-state index contributed by atoms with van der Waals surface area (Å²) in [6.45, 7) is 3.86. The summed E-state index contributed by atoms with van der Waals surface area (Å²) in [5, 5.41) is 1.28. The molecule has 138 valence electrons. The van der Waals surface area contributed by atoms with Gasteiger partial charge in [0, 0.05) is 10.8 Å². The number of rotatable bonds is 5. The molecule has 0 saturated carbocycles. The van der Waals surface area contributed by atoms with E-state index in [2.05, 4.69) is 9.97 Å². The Bertz CT molecular complexity index is 978. The van der Waals surface area contributed by atoms with Crippen LogP contribution in [-0.4, -0.2) is 15.9 Å². The fourth-order valence-corrected chi connectivity index (χ4v) is 3.42. The molecule has 0 unspecified atom stereocenters. The lowest BCUT2D eigenvalue weighted by Gasteiger charge is -2.09. The number of carbonyl (C=O) groups excluding carboxylic acids is 1. The number of ether oxygens (including phenoxy) is 1. The molecule has 0 aliphatic heterocycles. The molecule has 3 rings (SSSR count). The average molecular weight is 419 g/mol. The van der Waals surface area contributed by atoms with Crippen molar-refractivity contribution in [3.63, 3.8) is 0 Å². The van der Waals surface area contributed by atoms with Gasteiger partial charge in [-0.15, -0.1) is 0 Å². The number of carbonyl (C=O) groups is 1. The number of hydrogen-bond acceptors (Lipinski definition) is 5. The van der Waals surface area contributed by atoms with Crippen LogP contribution >= 0.6 is 35.0 Å². The highest BCUT2D eigenvalue weighted by molar-refractivity contribution is 7.98. The molecule has 0 aliphatic rings. The number of aryl methyl sites for hydroxylation is 2. The molecule has 0 saturated heterocycles. The van der Waals surface area contributed by atoms with E-state index in [0.29, 0.717) is 21.7 Å². The van der Waals surface area contributed by atoms with Gasteiger partial charge < -0.3 is 4.74 Å². The Hall–Kier alpha value is -2.08. The number of aromatic nitrogens is 2. The number of hydrogen-bond donors (Lipinski definition) is 0. The second-order valence-electron chi connectivity index (χ2n) is 5.92. The van der Waals surface area contributed by atoms with Gasteiger partial charge >= 0.3 is 5.97 Å². The largest absolute Gasteiger partial charge is 0.421 e. The van der Waals surface area contributed by atoms with Crippen molar-refractivity contribution in [2.45, 2.75) is 24.8 Å². The predicted octanol–water partition coefficient (Wildman–Crippen LogP) is 5.91. The topological polar surface area (TPSA) is 52.1 Å². The highest BCUT2D eigenvalue weighted by Crippen LogP contribution is 2.25. The van der Waals surface area contributed by atoms with Crippen LogP contribution in [0.15, 0.2) is 53.8 Å². The standard InChI is InChI=1S/C20H16Cl2N2O2S/c1-12-3-8-17(13(2)9-12)26-19(25)18-16(22)10-23-20(24-18)27-11-14-4-6-15(21)7-5-14/h3-10H,11H2,1-2H3. The maximum absolute atomic E-state index is 12.5. The zero-order valence-electron chi connectivity index (χ0n) is 14.7. The first-order chi connectivity index (χ1) is 12.9. The van der Waals surface area contributed by atoms with Crippen molar-refractivity contribution in [3.05, 3.63) is 81.1 Å². The minimum atomic E-state index is -0.609. The SMILES string of the molecule is Cc1ccc(OC(=O)c2nc(SCc3ccc(Cl)cc3)ncc2Cl)c(C)c1. The fourth-order valence-electron chi connectivity index (χ4n) is 2.35. The third-order valence-electron chi connectivity index (χ3n) is 3.73. The van der Waals surface area contributed by atoms with E-state index in [4.69, 9.17) is 27.9 Å². The Morgan fingerprint density at radius 3 is 2.56 bits per heavy atom. The molecule has 3 aromatic rings. The van der Waals surface area contributed by atoms with E-state index in [1.807, 2.05) is 50.2 Å². The van der Waals surface area contributed by atoms with Gasteiger partial charge in [0.2, 0.25) is 0 Å². The van der Waals surface area contributed by atoms with Crippen LogP contribution in [0.2, 0.25) is 10.0 Å². The minimum absolute atomic E-state index is 0.0465. The van der Waals surface area contributed by atoms with Crippen LogP contribution in [0.5, 0.6) is 5.75 Å². The van der Waals surface area contributed by atoms with E-state index in [1.165, 1.54) is 18.0 Å². The van der Waals surface area contributed by atoms with Crippen molar-refractivity contribution in [1.29, 1.82) is 0 Å². The van der Waals surface area contributed by atoms with Crippen molar-refractivity contribution in [2.75, 3.05) is 0 Å². The Labute approximate surface area is 171 Å². The smallest absolute Gasteiger partial charge is 0.364 e. The summed E-state index contributed by atoms with van der Waals surface area (Å²) in [5.41, 5.74) is 3.08. The third-order valence-corrected chi connectivity index (χ3v) is 5.19. The predicted molar refractivity (Wildman–Crippen MR) is 109 cm³/mol. The van der Waals surface area contributed by atoms with Crippen molar-refractivity contribution < 1.29 is 9.53 Å². The van der Waals surface area contributed by atoms with E-state index in [0.717, 1.165) is 16.7 Å². The van der Waals surface area contributed by atoms with Crippen LogP contribution in [-0.2, 0) is 5.75 Å². The molecule has 0 fully saturated rings. The van der Waals surface area contributed by atoms with E-state index in [-0.39, 0.29) is 10.7 Å². The molecule has 27 heavy (non-hydrogen) atoms. The lowest BCUT2D eigenvalue weighted by molar-refractivity contribution is 0.0726. The number of benzene rings is 2. The summed E-state index contributed by atoms with van der Waals surface area (Å²) < 4.78 is 5.46. The third kappa shape index (κ3) is 5.22. The second-order valence-corrected chi connectivity index (χ2v) is 7.71. The van der Waals surface area contributed by atoms with Crippen molar-refractivity contribution in [3.8, 4) is 5.75 Å². The monoisotopic (exact) mass is 418 g/mol. The van der Waals surface area contributed by atoms with Crippen LogP contribution in [0.1, 0.15) is 27.2 Å². The molecule has 7 heteroatoms. The Morgan fingerprint density at radius 1 is 1.11 bits per heavy atom. The Balaban J connectivity index is 1.74. The summed E-state index contributed by atoms with van der Waals surface area (Å²) in [7, 11) is 0. The molecular weight excluding hydrogens is 403 g/mol. The molecule has 4 nitrogen and oxygen atoms in total. The van der Waals surface area contributed by atoms with Gasteiger partial charge in [0.25, 0.3) is 0 Å². The number of nitrogens with zero attached hydrogens (tertiary/aromatic N) is 2. The summed E-state index contributed by atoms with van der Waals surface area (Å²) in [4.78, 5) is 21.0. The van der Waals surface area contributed by atoms with Crippen LogP contribution in [0.3, 0.4) is 0 Å². The zero-order chi connectivity index (χ0) is 19.4. The van der Waals surface area contributed by atoms with Gasteiger partial charge in [-0.25, -0.2) is 14.8 Å². The first-order valence-corrected chi connectivity index (χ1v) is 9.86. The molecule has 0 aliphatic carbocycles. The highest BCUT2D eigenvalue weighted by Gasteiger charge is 2.18. The molecular formula is C20H16Cl2N2O2S. The maximum Gasteiger partial charge on any atom is 0.364 e. The first-order valence-electron chi connectivity index (χ1n) is 8.11. The fraction of sp³-hybridized carbons (Fsp3) is 0.150. The van der Waals surface area contributed by atoms with Gasteiger partial charge in [0.1, 0.15) is 5.75 Å². The second kappa shape index (κ2) is 8.74. The van der Waals surface area contributed by atoms with Crippen LogP contribution in [0, 0.1) is 13.8 Å². The van der Waals surface area contributed by atoms with Gasteiger partial charge in [0.05, 0.1) is 11.2 Å². The quantitative estimate of drug-likeness (QED) is 0.223. The van der Waals surface area contributed by atoms with E-state index in [1.54, 1.807) is 6.07 Å². The average Bonchev–Trinajstić information content (AvgIpc) is 2.64. The summed E-state index contributed by atoms with van der Waals surface area (Å²) >= 11 is 13.4. The van der Waals surface area contributed by atoms with Crippen molar-refractivity contribution in [2.24, 2.45) is 0 Å². The van der Waals surface area contributed by atoms with Crippen LogP contribution < -0.4 is 4.74 Å². The van der Waals surface area contributed by atoms with Crippen molar-refractivity contribution in [1.82, 2.24) is 9.97 Å². The normalized spacial score (nSPS) is 10.7. The van der Waals surface area contributed by atoms with E-state index < -0.39 is 5.97 Å². The molecule has 0 spiro atoms. The maximum atomic E-state index is 12.5. The molecule has 2 aromatic carbocycles. The minimum Gasteiger partial charge on any atom is -0.421 e. The molecule has 1 aromatic heterocycles. The molecule has 0 N–H and O–H groups in total. The van der Waals surface area contributed by atoms with Crippen LogP contribution in [0.25, 0.3) is 0 Å². The highest BCUT2D eigenvalue weighted by atomic mass is 35.5. The molecule has 0 bridgehead atoms. The van der Waals surface area contributed by atoms with Gasteiger partial charge in [-0.2, -0.15) is 0 Å². The number of thioether (sulfide) groups is 1. The zero-order valence-corrected chi connectivity index (χ0v) is 17.0. The molecule has 0 atom stereocenters. The van der Waals surface area contributed by atoms with Gasteiger partial charge in [0.15, 0.2) is 10.9 Å². The molecule has 1 heterocycles. The molecule has 0 radical (unpaired) electrons. The number of halogens is 2. The van der Waals surface area contributed by atoms with Crippen molar-refractivity contribution >= 4 is 40.9 Å². The summed E-state index contributed by atoms with van der Waals surface area (Å²) in [6, 6.07) is 13.1. The van der Waals surface area contributed by atoms with Gasteiger partial charge in [-0.3, -0.25) is 0 Å². The summed E-state index contributed by atoms with van der Waals surface area (Å²) in [5.74, 6) is 0.517. The van der Waals surface area contributed by atoms with Gasteiger partial charge in [-0.05, 0) is 43.2 Å². The van der Waals surface area contributed by atoms with Gasteiger partial charge in [-0.1, -0.05) is 64.8 Å². The molecule has 0 amide bonds. The van der Waals surface area contributed by atoms with E-state index in [9.17, 15) is 4.79 Å². The Kier molecular flexibility index (Phi) is 6.37. The lowest BCUT2D eigenvalue weighted by Crippen LogP contribution is -2.13.